The number of carbonyl (C=O) groups excluding carboxylic acids is 1. The van der Waals surface area contributed by atoms with Crippen LogP contribution in [-0.4, -0.2) is 28.1 Å². The van der Waals surface area contributed by atoms with Crippen LogP contribution in [0.15, 0.2) is 43.0 Å². The predicted octanol–water partition coefficient (Wildman–Crippen LogP) is 2.51. The molecule has 1 atom stereocenters. The fraction of sp³-hybridized carbons (Fsp3) is 0.333. The number of rotatable bonds is 7. The molecular weight excluding hydrogens is 290 g/mol. The summed E-state index contributed by atoms with van der Waals surface area (Å²) in [6, 6.07) is 7.10. The molecule has 0 radical (unpaired) electrons. The fourth-order valence-electron chi connectivity index (χ4n) is 1.82. The Hall–Kier alpha value is -2.01. The van der Waals surface area contributed by atoms with Crippen LogP contribution >= 0.6 is 11.6 Å². The highest BCUT2D eigenvalue weighted by Gasteiger charge is 2.15. The van der Waals surface area contributed by atoms with Crippen LogP contribution in [0.1, 0.15) is 13.3 Å². The molecule has 0 bridgehead atoms. The van der Waals surface area contributed by atoms with Gasteiger partial charge in [-0.25, -0.2) is 4.98 Å². The summed E-state index contributed by atoms with van der Waals surface area (Å²) in [6.45, 7) is 3.11. The van der Waals surface area contributed by atoms with Crippen LogP contribution in [0.3, 0.4) is 0 Å². The Kier molecular flexibility index (Phi) is 5.63. The summed E-state index contributed by atoms with van der Waals surface area (Å²) in [5.41, 5.74) is 0. The first-order valence-electron chi connectivity index (χ1n) is 6.81. The molecule has 0 saturated heterocycles. The van der Waals surface area contributed by atoms with Crippen LogP contribution in [0.25, 0.3) is 0 Å². The number of aryl methyl sites for hydroxylation is 1. The molecule has 1 N–H and O–H groups in total. The second-order valence-electron chi connectivity index (χ2n) is 4.64. The van der Waals surface area contributed by atoms with Gasteiger partial charge < -0.3 is 14.6 Å². The standard InChI is InChI=1S/C15H18ClN3O2/c1-12(21-14-6-3-2-5-13(14)16)15(20)18-7-4-9-19-10-8-17-11-19/h2-3,5-6,8,10-12H,4,7,9H2,1H3,(H,18,20)/t12-/m1/s1. The van der Waals surface area contributed by atoms with Gasteiger partial charge in [-0.3, -0.25) is 4.79 Å². The Balaban J connectivity index is 1.71. The van der Waals surface area contributed by atoms with Gasteiger partial charge in [-0.05, 0) is 25.5 Å². The van der Waals surface area contributed by atoms with Crippen LogP contribution in [0, 0.1) is 0 Å². The van der Waals surface area contributed by atoms with Gasteiger partial charge in [0.15, 0.2) is 6.10 Å². The second-order valence-corrected chi connectivity index (χ2v) is 5.04. The van der Waals surface area contributed by atoms with Crippen molar-refractivity contribution in [3.63, 3.8) is 0 Å². The number of aromatic nitrogens is 2. The molecule has 0 aliphatic heterocycles. The molecule has 0 fully saturated rings. The molecule has 0 saturated carbocycles. The third kappa shape index (κ3) is 4.79. The quantitative estimate of drug-likeness (QED) is 0.800. The van der Waals surface area contributed by atoms with E-state index in [4.69, 9.17) is 16.3 Å². The first-order valence-corrected chi connectivity index (χ1v) is 7.19. The lowest BCUT2D eigenvalue weighted by Gasteiger charge is -2.15. The maximum Gasteiger partial charge on any atom is 0.260 e. The Morgan fingerprint density at radius 2 is 2.29 bits per heavy atom. The Morgan fingerprint density at radius 3 is 3.00 bits per heavy atom. The summed E-state index contributed by atoms with van der Waals surface area (Å²) < 4.78 is 7.52. The minimum absolute atomic E-state index is 0.152. The summed E-state index contributed by atoms with van der Waals surface area (Å²) in [5.74, 6) is 0.362. The van der Waals surface area contributed by atoms with Crippen molar-refractivity contribution >= 4 is 17.5 Å². The van der Waals surface area contributed by atoms with Gasteiger partial charge in [0, 0.05) is 25.5 Å². The minimum atomic E-state index is -0.585. The zero-order chi connectivity index (χ0) is 15.1. The Morgan fingerprint density at radius 1 is 1.48 bits per heavy atom. The second kappa shape index (κ2) is 7.69. The van der Waals surface area contributed by atoms with Crippen molar-refractivity contribution in [3.05, 3.63) is 48.0 Å². The van der Waals surface area contributed by atoms with Crippen molar-refractivity contribution in [2.24, 2.45) is 0 Å². The lowest BCUT2D eigenvalue weighted by atomic mass is 10.3. The van der Waals surface area contributed by atoms with Crippen molar-refractivity contribution < 1.29 is 9.53 Å². The zero-order valence-corrected chi connectivity index (χ0v) is 12.6. The molecule has 6 heteroatoms. The van der Waals surface area contributed by atoms with Crippen LogP contribution in [0.2, 0.25) is 5.02 Å². The topological polar surface area (TPSA) is 56.1 Å². The highest BCUT2D eigenvalue weighted by molar-refractivity contribution is 6.32. The van der Waals surface area contributed by atoms with Gasteiger partial charge in [0.25, 0.3) is 5.91 Å². The number of hydrogen-bond donors (Lipinski definition) is 1. The van der Waals surface area contributed by atoms with Gasteiger partial charge in [0.2, 0.25) is 0 Å². The molecule has 0 spiro atoms. The third-order valence-corrected chi connectivity index (χ3v) is 3.27. The van der Waals surface area contributed by atoms with Crippen molar-refractivity contribution in [1.82, 2.24) is 14.9 Å². The molecule has 1 aromatic heterocycles. The Labute approximate surface area is 128 Å². The smallest absolute Gasteiger partial charge is 0.260 e. The number of carbonyl (C=O) groups is 1. The molecular formula is C15H18ClN3O2. The van der Waals surface area contributed by atoms with Gasteiger partial charge in [0.05, 0.1) is 11.3 Å². The van der Waals surface area contributed by atoms with Gasteiger partial charge in [-0.1, -0.05) is 23.7 Å². The number of amides is 1. The van der Waals surface area contributed by atoms with Gasteiger partial charge in [-0.15, -0.1) is 0 Å². The van der Waals surface area contributed by atoms with Gasteiger partial charge in [-0.2, -0.15) is 0 Å². The number of imidazole rings is 1. The molecule has 112 valence electrons. The highest BCUT2D eigenvalue weighted by Crippen LogP contribution is 2.24. The molecule has 5 nitrogen and oxygen atoms in total. The van der Waals surface area contributed by atoms with Gasteiger partial charge >= 0.3 is 0 Å². The molecule has 1 amide bonds. The lowest BCUT2D eigenvalue weighted by Crippen LogP contribution is -2.37. The molecule has 2 rings (SSSR count). The molecule has 21 heavy (non-hydrogen) atoms. The van der Waals surface area contributed by atoms with E-state index in [1.165, 1.54) is 0 Å². The van der Waals surface area contributed by atoms with E-state index in [1.54, 1.807) is 31.6 Å². The number of ether oxygens (including phenoxy) is 1. The first kappa shape index (κ1) is 15.4. The normalized spacial score (nSPS) is 11.9. The largest absolute Gasteiger partial charge is 0.479 e. The van der Waals surface area contributed by atoms with Crippen LogP contribution in [0.5, 0.6) is 5.75 Å². The molecule has 2 aromatic rings. The molecule has 1 aromatic carbocycles. The van der Waals surface area contributed by atoms with Crippen molar-refractivity contribution in [3.8, 4) is 5.75 Å². The highest BCUT2D eigenvalue weighted by atomic mass is 35.5. The van der Waals surface area contributed by atoms with E-state index in [-0.39, 0.29) is 5.91 Å². The number of para-hydroxylation sites is 1. The average Bonchev–Trinajstić information content (AvgIpc) is 2.99. The van der Waals surface area contributed by atoms with E-state index < -0.39 is 6.10 Å². The Bertz CT molecular complexity index is 572. The number of hydrogen-bond acceptors (Lipinski definition) is 3. The summed E-state index contributed by atoms with van der Waals surface area (Å²) in [7, 11) is 0. The molecule has 0 aliphatic rings. The van der Waals surface area contributed by atoms with E-state index in [0.717, 1.165) is 13.0 Å². The van der Waals surface area contributed by atoms with Crippen LogP contribution in [0.4, 0.5) is 0 Å². The summed E-state index contributed by atoms with van der Waals surface area (Å²) in [6.07, 6.45) is 5.63. The summed E-state index contributed by atoms with van der Waals surface area (Å²) in [5, 5.41) is 3.34. The zero-order valence-electron chi connectivity index (χ0n) is 11.8. The monoisotopic (exact) mass is 307 g/mol. The van der Waals surface area contributed by atoms with E-state index in [9.17, 15) is 4.79 Å². The molecule has 0 unspecified atom stereocenters. The first-order chi connectivity index (χ1) is 10.2. The predicted molar refractivity (Wildman–Crippen MR) is 81.4 cm³/mol. The van der Waals surface area contributed by atoms with E-state index >= 15 is 0 Å². The van der Waals surface area contributed by atoms with E-state index in [2.05, 4.69) is 10.3 Å². The maximum atomic E-state index is 11.9. The van der Waals surface area contributed by atoms with Gasteiger partial charge in [0.1, 0.15) is 5.75 Å². The summed E-state index contributed by atoms with van der Waals surface area (Å²) >= 11 is 5.99. The molecule has 1 heterocycles. The lowest BCUT2D eigenvalue weighted by molar-refractivity contribution is -0.127. The van der Waals surface area contributed by atoms with Crippen molar-refractivity contribution in [2.45, 2.75) is 26.0 Å². The number of nitrogens with zero attached hydrogens (tertiary/aromatic N) is 2. The van der Waals surface area contributed by atoms with E-state index in [1.807, 2.05) is 22.9 Å². The average molecular weight is 308 g/mol. The van der Waals surface area contributed by atoms with Crippen LogP contribution < -0.4 is 10.1 Å². The minimum Gasteiger partial charge on any atom is -0.479 e. The number of benzene rings is 1. The SMILES string of the molecule is C[C@@H](Oc1ccccc1Cl)C(=O)NCCCn1ccnc1. The van der Waals surface area contributed by atoms with Crippen molar-refractivity contribution in [1.29, 1.82) is 0 Å². The fourth-order valence-corrected chi connectivity index (χ4v) is 2.00. The van der Waals surface area contributed by atoms with Crippen LogP contribution in [-0.2, 0) is 11.3 Å². The maximum absolute atomic E-state index is 11.9. The number of nitrogens with one attached hydrogen (secondary N) is 1. The number of halogens is 1. The summed E-state index contributed by atoms with van der Waals surface area (Å²) in [4.78, 5) is 15.9. The van der Waals surface area contributed by atoms with Crippen molar-refractivity contribution in [2.75, 3.05) is 6.54 Å². The molecule has 0 aliphatic carbocycles. The van der Waals surface area contributed by atoms with E-state index in [0.29, 0.717) is 17.3 Å². The third-order valence-electron chi connectivity index (χ3n) is 2.96.